The quantitative estimate of drug-likeness (QED) is 0.656. The molecular weight excluding hydrogens is 176 g/mol. The highest BCUT2D eigenvalue weighted by Crippen LogP contribution is 2.24. The van der Waals surface area contributed by atoms with Crippen LogP contribution in [0.3, 0.4) is 0 Å². The monoisotopic (exact) mass is 192 g/mol. The molecule has 1 aromatic carbocycles. The highest BCUT2D eigenvalue weighted by atomic mass is 16.3. The van der Waals surface area contributed by atoms with Crippen LogP contribution < -0.4 is 10.6 Å². The molecular formula is C11H16N2O. The molecule has 1 saturated heterocycles. The molecule has 14 heavy (non-hydrogen) atoms. The summed E-state index contributed by atoms with van der Waals surface area (Å²) >= 11 is 0. The summed E-state index contributed by atoms with van der Waals surface area (Å²) in [5.41, 5.74) is 8.86. The van der Waals surface area contributed by atoms with Crippen LogP contribution in [0.15, 0.2) is 18.2 Å². The molecule has 0 amide bonds. The Hall–Kier alpha value is -1.22. The lowest BCUT2D eigenvalue weighted by Gasteiger charge is -2.18. The van der Waals surface area contributed by atoms with Crippen LogP contribution in [-0.4, -0.2) is 24.3 Å². The van der Waals surface area contributed by atoms with Crippen molar-refractivity contribution in [3.05, 3.63) is 23.8 Å². The molecule has 1 aliphatic heterocycles. The maximum atomic E-state index is 9.43. The van der Waals surface area contributed by atoms with Crippen LogP contribution in [0.25, 0.3) is 0 Å². The minimum absolute atomic E-state index is 0.184. The van der Waals surface area contributed by atoms with Gasteiger partial charge in [0.2, 0.25) is 0 Å². The van der Waals surface area contributed by atoms with E-state index in [9.17, 15) is 5.11 Å². The predicted octanol–water partition coefficient (Wildman–Crippen LogP) is 1.15. The first kappa shape index (κ1) is 9.34. The summed E-state index contributed by atoms with van der Waals surface area (Å²) in [7, 11) is 0. The van der Waals surface area contributed by atoms with E-state index in [4.69, 9.17) is 5.73 Å². The Balaban J connectivity index is 2.23. The maximum Gasteiger partial charge on any atom is 0.0731 e. The van der Waals surface area contributed by atoms with E-state index >= 15 is 0 Å². The van der Waals surface area contributed by atoms with Gasteiger partial charge in [0, 0.05) is 24.5 Å². The number of rotatable bonds is 1. The number of nitrogen functional groups attached to an aromatic ring is 1. The SMILES string of the molecule is Cc1cc(N)cc(N2CCC(O)C2)c1. The molecule has 3 heteroatoms. The molecule has 0 radical (unpaired) electrons. The minimum atomic E-state index is -0.184. The lowest BCUT2D eigenvalue weighted by atomic mass is 10.2. The van der Waals surface area contributed by atoms with E-state index < -0.39 is 0 Å². The van der Waals surface area contributed by atoms with Crippen molar-refractivity contribution in [2.75, 3.05) is 23.7 Å². The second-order valence-electron chi connectivity index (χ2n) is 3.99. The van der Waals surface area contributed by atoms with Crippen LogP contribution in [0.2, 0.25) is 0 Å². The predicted molar refractivity (Wildman–Crippen MR) is 58.4 cm³/mol. The summed E-state index contributed by atoms with van der Waals surface area (Å²) < 4.78 is 0. The number of nitrogens with two attached hydrogens (primary N) is 1. The number of anilines is 2. The van der Waals surface area contributed by atoms with Crippen LogP contribution in [0.4, 0.5) is 11.4 Å². The molecule has 1 aromatic rings. The van der Waals surface area contributed by atoms with Crippen LogP contribution >= 0.6 is 0 Å². The first-order chi connectivity index (χ1) is 6.65. The van der Waals surface area contributed by atoms with Crippen LogP contribution in [0.1, 0.15) is 12.0 Å². The van der Waals surface area contributed by atoms with Gasteiger partial charge < -0.3 is 15.7 Å². The van der Waals surface area contributed by atoms with Crippen molar-refractivity contribution < 1.29 is 5.11 Å². The van der Waals surface area contributed by atoms with Crippen LogP contribution in [-0.2, 0) is 0 Å². The standard InChI is InChI=1S/C11H16N2O/c1-8-4-9(12)6-10(5-8)13-3-2-11(14)7-13/h4-6,11,14H,2-3,7,12H2,1H3. The van der Waals surface area contributed by atoms with Gasteiger partial charge in [0.05, 0.1) is 6.10 Å². The third-order valence-corrected chi connectivity index (χ3v) is 2.61. The van der Waals surface area contributed by atoms with Gasteiger partial charge in [-0.15, -0.1) is 0 Å². The molecule has 1 fully saturated rings. The van der Waals surface area contributed by atoms with E-state index in [-0.39, 0.29) is 6.10 Å². The number of aryl methyl sites for hydroxylation is 1. The largest absolute Gasteiger partial charge is 0.399 e. The van der Waals surface area contributed by atoms with Crippen molar-refractivity contribution >= 4 is 11.4 Å². The summed E-state index contributed by atoms with van der Waals surface area (Å²) in [4.78, 5) is 2.17. The van der Waals surface area contributed by atoms with Crippen molar-refractivity contribution in [1.82, 2.24) is 0 Å². The van der Waals surface area contributed by atoms with Crippen LogP contribution in [0.5, 0.6) is 0 Å². The van der Waals surface area contributed by atoms with Gasteiger partial charge in [0.1, 0.15) is 0 Å². The smallest absolute Gasteiger partial charge is 0.0731 e. The van der Waals surface area contributed by atoms with Crippen LogP contribution in [0, 0.1) is 6.92 Å². The Kier molecular flexibility index (Phi) is 2.33. The van der Waals surface area contributed by atoms with Crippen molar-refractivity contribution in [2.24, 2.45) is 0 Å². The second kappa shape index (κ2) is 3.50. The normalized spacial score (nSPS) is 21.6. The number of β-amino-alcohol motifs (C(OH)–C–C–N with tert-alkyl or cyclic N) is 1. The van der Waals surface area contributed by atoms with Gasteiger partial charge in [-0.05, 0) is 37.1 Å². The molecule has 1 atom stereocenters. The number of hydrogen-bond donors (Lipinski definition) is 2. The van der Waals surface area contributed by atoms with Crippen molar-refractivity contribution in [3.8, 4) is 0 Å². The zero-order valence-electron chi connectivity index (χ0n) is 8.40. The molecule has 0 aromatic heterocycles. The first-order valence-corrected chi connectivity index (χ1v) is 4.95. The van der Waals surface area contributed by atoms with E-state index in [1.165, 1.54) is 5.56 Å². The number of hydrogen-bond acceptors (Lipinski definition) is 3. The molecule has 0 saturated carbocycles. The summed E-state index contributed by atoms with van der Waals surface area (Å²) in [5, 5.41) is 9.43. The van der Waals surface area contributed by atoms with Gasteiger partial charge in [0.25, 0.3) is 0 Å². The summed E-state index contributed by atoms with van der Waals surface area (Å²) in [6, 6.07) is 6.02. The Morgan fingerprint density at radius 1 is 1.43 bits per heavy atom. The zero-order chi connectivity index (χ0) is 10.1. The summed E-state index contributed by atoms with van der Waals surface area (Å²) in [5.74, 6) is 0. The van der Waals surface area contributed by atoms with E-state index in [2.05, 4.69) is 11.0 Å². The van der Waals surface area contributed by atoms with Crippen molar-refractivity contribution in [3.63, 3.8) is 0 Å². The average Bonchev–Trinajstić information content (AvgIpc) is 2.50. The third-order valence-electron chi connectivity index (χ3n) is 2.61. The molecule has 0 aliphatic carbocycles. The molecule has 2 rings (SSSR count). The molecule has 0 bridgehead atoms. The fraction of sp³-hybridized carbons (Fsp3) is 0.455. The molecule has 3 N–H and O–H groups in total. The molecule has 1 heterocycles. The fourth-order valence-electron chi connectivity index (χ4n) is 1.95. The number of aliphatic hydroxyl groups excluding tert-OH is 1. The van der Waals surface area contributed by atoms with Gasteiger partial charge in [-0.3, -0.25) is 0 Å². The third kappa shape index (κ3) is 1.82. The van der Waals surface area contributed by atoms with E-state index in [0.29, 0.717) is 0 Å². The van der Waals surface area contributed by atoms with E-state index in [0.717, 1.165) is 30.9 Å². The fourth-order valence-corrected chi connectivity index (χ4v) is 1.95. The minimum Gasteiger partial charge on any atom is -0.399 e. The average molecular weight is 192 g/mol. The van der Waals surface area contributed by atoms with Gasteiger partial charge >= 0.3 is 0 Å². The molecule has 76 valence electrons. The molecule has 3 nitrogen and oxygen atoms in total. The van der Waals surface area contributed by atoms with Gasteiger partial charge in [-0.25, -0.2) is 0 Å². The topological polar surface area (TPSA) is 49.5 Å². The van der Waals surface area contributed by atoms with E-state index in [1.807, 2.05) is 19.1 Å². The Morgan fingerprint density at radius 3 is 2.79 bits per heavy atom. The zero-order valence-corrected chi connectivity index (χ0v) is 8.40. The first-order valence-electron chi connectivity index (χ1n) is 4.95. The van der Waals surface area contributed by atoms with Gasteiger partial charge in [-0.1, -0.05) is 0 Å². The number of aliphatic hydroxyl groups is 1. The summed E-state index contributed by atoms with van der Waals surface area (Å²) in [6.45, 7) is 3.68. The second-order valence-corrected chi connectivity index (χ2v) is 3.99. The Bertz CT molecular complexity index is 318. The number of nitrogens with zero attached hydrogens (tertiary/aromatic N) is 1. The molecule has 0 spiro atoms. The number of benzene rings is 1. The lowest BCUT2D eigenvalue weighted by Crippen LogP contribution is -2.21. The summed E-state index contributed by atoms with van der Waals surface area (Å²) in [6.07, 6.45) is 0.671. The molecule has 1 unspecified atom stereocenters. The van der Waals surface area contributed by atoms with Crippen molar-refractivity contribution in [1.29, 1.82) is 0 Å². The Labute approximate surface area is 84.1 Å². The highest BCUT2D eigenvalue weighted by molar-refractivity contribution is 5.58. The Morgan fingerprint density at radius 2 is 2.21 bits per heavy atom. The van der Waals surface area contributed by atoms with Gasteiger partial charge in [0.15, 0.2) is 0 Å². The van der Waals surface area contributed by atoms with Crippen molar-refractivity contribution in [2.45, 2.75) is 19.4 Å². The molecule has 1 aliphatic rings. The maximum absolute atomic E-state index is 9.43. The van der Waals surface area contributed by atoms with E-state index in [1.54, 1.807) is 0 Å². The highest BCUT2D eigenvalue weighted by Gasteiger charge is 2.20. The lowest BCUT2D eigenvalue weighted by molar-refractivity contribution is 0.198. The van der Waals surface area contributed by atoms with Gasteiger partial charge in [-0.2, -0.15) is 0 Å².